The van der Waals surface area contributed by atoms with E-state index < -0.39 is 0 Å². The van der Waals surface area contributed by atoms with Crippen LogP contribution in [0.5, 0.6) is 0 Å². The summed E-state index contributed by atoms with van der Waals surface area (Å²) in [6.45, 7) is 10.4. The van der Waals surface area contributed by atoms with Gasteiger partial charge in [-0.1, -0.05) is 32.3 Å². The molecular formula is C12H30N2Si. The molecule has 0 amide bonds. The highest BCUT2D eigenvalue weighted by atomic mass is 28.1. The Hall–Kier alpha value is -0.123. The Labute approximate surface area is 99.9 Å². The lowest BCUT2D eigenvalue weighted by atomic mass is 10.2. The molecule has 0 bridgehead atoms. The van der Waals surface area contributed by atoms with Crippen LogP contribution in [0.3, 0.4) is 0 Å². The first-order valence-electron chi connectivity index (χ1n) is 5.94. The zero-order valence-corrected chi connectivity index (χ0v) is 9.65. The summed E-state index contributed by atoms with van der Waals surface area (Å²) < 4.78 is 0. The Balaban J connectivity index is 0. The topological polar surface area (TPSA) is 24.1 Å². The highest BCUT2D eigenvalue weighted by Crippen LogP contribution is 2.01. The van der Waals surface area contributed by atoms with Gasteiger partial charge in [-0.3, -0.25) is 0 Å². The van der Waals surface area contributed by atoms with Crippen molar-refractivity contribution in [1.29, 1.82) is 0 Å². The second-order valence-corrected chi connectivity index (χ2v) is 3.64. The fraction of sp³-hybridized carbons (Fsp3) is 0.833. The van der Waals surface area contributed by atoms with E-state index >= 15 is 0 Å². The highest BCUT2D eigenvalue weighted by molar-refractivity contribution is 5.75. The fourth-order valence-electron chi connectivity index (χ4n) is 1.32. The fourth-order valence-corrected chi connectivity index (χ4v) is 1.32. The molecule has 0 aromatic heterocycles. The first-order chi connectivity index (χ1) is 6.91. The van der Waals surface area contributed by atoms with Crippen molar-refractivity contribution in [3.05, 3.63) is 12.7 Å². The molecule has 3 heteroatoms. The minimum Gasteiger partial charge on any atom is -0.314 e. The van der Waals surface area contributed by atoms with Gasteiger partial charge < -0.3 is 10.6 Å². The molecule has 1 aliphatic heterocycles. The van der Waals surface area contributed by atoms with E-state index in [-0.39, 0.29) is 11.0 Å². The van der Waals surface area contributed by atoms with Gasteiger partial charge in [0.25, 0.3) is 0 Å². The van der Waals surface area contributed by atoms with E-state index in [1.54, 1.807) is 0 Å². The standard InChI is InChI=1S/C8H16.C4H10N2.H4Si/c1-3-5-7-8-6-4-2;1-2-6-4-3-5-1;/h3H,1,4-8H2,2H3;5-6H,1-4H2;1H4. The van der Waals surface area contributed by atoms with Crippen molar-refractivity contribution in [1.82, 2.24) is 10.6 Å². The molecule has 0 aliphatic carbocycles. The molecule has 0 saturated carbocycles. The van der Waals surface area contributed by atoms with Crippen molar-refractivity contribution in [2.75, 3.05) is 26.2 Å². The number of rotatable bonds is 5. The maximum absolute atomic E-state index is 3.66. The maximum Gasteiger partial charge on any atom is 0.00772 e. The van der Waals surface area contributed by atoms with E-state index in [4.69, 9.17) is 0 Å². The normalized spacial score (nSPS) is 14.5. The summed E-state index contributed by atoms with van der Waals surface area (Å²) in [5.41, 5.74) is 0. The van der Waals surface area contributed by atoms with Gasteiger partial charge in [-0.15, -0.1) is 6.58 Å². The predicted molar refractivity (Wildman–Crippen MR) is 76.0 cm³/mol. The van der Waals surface area contributed by atoms with E-state index in [1.807, 2.05) is 6.08 Å². The van der Waals surface area contributed by atoms with Crippen LogP contribution in [0.4, 0.5) is 0 Å². The summed E-state index contributed by atoms with van der Waals surface area (Å²) in [6, 6.07) is 0. The highest BCUT2D eigenvalue weighted by Gasteiger charge is 1.91. The van der Waals surface area contributed by atoms with Crippen molar-refractivity contribution in [2.45, 2.75) is 39.0 Å². The third-order valence-electron chi connectivity index (χ3n) is 2.22. The van der Waals surface area contributed by atoms with Crippen LogP contribution in [-0.2, 0) is 0 Å². The molecule has 1 saturated heterocycles. The lowest BCUT2D eigenvalue weighted by Gasteiger charge is -2.11. The maximum atomic E-state index is 3.66. The quantitative estimate of drug-likeness (QED) is 0.416. The second-order valence-electron chi connectivity index (χ2n) is 3.64. The number of piperazine rings is 1. The molecular weight excluding hydrogens is 200 g/mol. The molecule has 0 aromatic rings. The molecule has 2 N–H and O–H groups in total. The van der Waals surface area contributed by atoms with Crippen LogP contribution in [0.15, 0.2) is 12.7 Å². The summed E-state index contributed by atoms with van der Waals surface area (Å²) in [7, 11) is 0. The van der Waals surface area contributed by atoms with Crippen molar-refractivity contribution in [3.63, 3.8) is 0 Å². The third-order valence-corrected chi connectivity index (χ3v) is 2.22. The average Bonchev–Trinajstić information content (AvgIpc) is 2.28. The Kier molecular flexibility index (Phi) is 18.8. The zero-order valence-electron chi connectivity index (χ0n) is 9.65. The van der Waals surface area contributed by atoms with E-state index in [9.17, 15) is 0 Å². The molecule has 2 nitrogen and oxygen atoms in total. The molecule has 0 aromatic carbocycles. The number of nitrogens with one attached hydrogen (secondary N) is 2. The van der Waals surface area contributed by atoms with Crippen LogP contribution in [0.2, 0.25) is 0 Å². The third kappa shape index (κ3) is 16.5. The van der Waals surface area contributed by atoms with Crippen LogP contribution >= 0.6 is 0 Å². The van der Waals surface area contributed by atoms with Gasteiger partial charge in [0.2, 0.25) is 0 Å². The first kappa shape index (κ1) is 17.3. The van der Waals surface area contributed by atoms with Crippen LogP contribution in [0.1, 0.15) is 39.0 Å². The van der Waals surface area contributed by atoms with E-state index in [0.717, 1.165) is 26.2 Å². The molecule has 1 rings (SSSR count). The lowest BCUT2D eigenvalue weighted by molar-refractivity contribution is 0.534. The van der Waals surface area contributed by atoms with Gasteiger partial charge in [-0.25, -0.2) is 0 Å². The minimum atomic E-state index is 0. The van der Waals surface area contributed by atoms with Crippen LogP contribution in [-0.4, -0.2) is 37.1 Å². The first-order valence-corrected chi connectivity index (χ1v) is 5.94. The molecule has 0 spiro atoms. The van der Waals surface area contributed by atoms with Crippen molar-refractivity contribution in [3.8, 4) is 0 Å². The number of unbranched alkanes of at least 4 members (excludes halogenated alkanes) is 4. The molecule has 0 radical (unpaired) electrons. The predicted octanol–water partition coefficient (Wildman–Crippen LogP) is 0.870. The van der Waals surface area contributed by atoms with Crippen LogP contribution in [0.25, 0.3) is 0 Å². The zero-order chi connectivity index (χ0) is 10.5. The molecule has 1 fully saturated rings. The van der Waals surface area contributed by atoms with Crippen molar-refractivity contribution in [2.24, 2.45) is 0 Å². The minimum absolute atomic E-state index is 0. The summed E-state index contributed by atoms with van der Waals surface area (Å²) in [5.74, 6) is 0. The second kappa shape index (κ2) is 16.3. The summed E-state index contributed by atoms with van der Waals surface area (Å²) in [4.78, 5) is 0. The van der Waals surface area contributed by atoms with Crippen LogP contribution < -0.4 is 10.6 Å². The summed E-state index contributed by atoms with van der Waals surface area (Å²) in [6.07, 6.45) is 8.61. The van der Waals surface area contributed by atoms with Gasteiger partial charge in [0.05, 0.1) is 0 Å². The smallest absolute Gasteiger partial charge is 0.00772 e. The monoisotopic (exact) mass is 230 g/mol. The Bertz CT molecular complexity index is 103. The SMILES string of the molecule is C1CNCCN1.C=CCCCCCC.[SiH4]. The van der Waals surface area contributed by atoms with Gasteiger partial charge >= 0.3 is 0 Å². The Morgan fingerprint density at radius 3 is 1.87 bits per heavy atom. The lowest BCUT2D eigenvalue weighted by Crippen LogP contribution is -2.39. The Morgan fingerprint density at radius 2 is 1.53 bits per heavy atom. The molecule has 92 valence electrons. The van der Waals surface area contributed by atoms with Crippen molar-refractivity contribution >= 4 is 11.0 Å². The van der Waals surface area contributed by atoms with Gasteiger partial charge in [-0.2, -0.15) is 0 Å². The van der Waals surface area contributed by atoms with E-state index in [1.165, 1.54) is 32.1 Å². The largest absolute Gasteiger partial charge is 0.314 e. The van der Waals surface area contributed by atoms with Gasteiger partial charge in [0.15, 0.2) is 0 Å². The Morgan fingerprint density at radius 1 is 1.00 bits per heavy atom. The average molecular weight is 230 g/mol. The van der Waals surface area contributed by atoms with Gasteiger partial charge in [0, 0.05) is 26.2 Å². The molecule has 15 heavy (non-hydrogen) atoms. The molecule has 0 unspecified atom stereocenters. The molecule has 0 atom stereocenters. The van der Waals surface area contributed by atoms with Crippen molar-refractivity contribution < 1.29 is 0 Å². The summed E-state index contributed by atoms with van der Waals surface area (Å²) in [5, 5.41) is 6.44. The summed E-state index contributed by atoms with van der Waals surface area (Å²) >= 11 is 0. The number of hydrogen-bond acceptors (Lipinski definition) is 2. The van der Waals surface area contributed by atoms with Gasteiger partial charge in [-0.05, 0) is 23.8 Å². The van der Waals surface area contributed by atoms with E-state index in [0.29, 0.717) is 0 Å². The number of hydrogen-bond donors (Lipinski definition) is 2. The number of allylic oxidation sites excluding steroid dienone is 1. The van der Waals surface area contributed by atoms with Crippen LogP contribution in [0, 0.1) is 0 Å². The van der Waals surface area contributed by atoms with Gasteiger partial charge in [0.1, 0.15) is 0 Å². The molecule has 1 aliphatic rings. The molecule has 1 heterocycles. The van der Waals surface area contributed by atoms with E-state index in [2.05, 4.69) is 24.1 Å².